The van der Waals surface area contributed by atoms with Gasteiger partial charge in [0.15, 0.2) is 5.82 Å². The smallest absolute Gasteiger partial charge is 0.254 e. The minimum absolute atomic E-state index is 0.0619. The zero-order chi connectivity index (χ0) is 33.6. The van der Waals surface area contributed by atoms with Crippen LogP contribution in [0.4, 0.5) is 0 Å². The number of para-hydroxylation sites is 1. The lowest BCUT2D eigenvalue weighted by Gasteiger charge is -2.40. The lowest BCUT2D eigenvalue weighted by Crippen LogP contribution is -2.52. The van der Waals surface area contributed by atoms with Crippen molar-refractivity contribution < 1.29 is 14.3 Å². The van der Waals surface area contributed by atoms with Gasteiger partial charge in [0.1, 0.15) is 11.3 Å². The predicted molar refractivity (Wildman–Crippen MR) is 191 cm³/mol. The number of carbonyl (C=O) groups excluding carboxylic acids is 2. The number of carbonyl (C=O) groups is 2. The van der Waals surface area contributed by atoms with E-state index >= 15 is 0 Å². The average molecular weight is 653 g/mol. The Labute approximate surface area is 287 Å². The van der Waals surface area contributed by atoms with Crippen molar-refractivity contribution in [1.82, 2.24) is 23.9 Å². The maximum atomic E-state index is 14.0. The molecular formula is C39H41BN6O3. The van der Waals surface area contributed by atoms with Crippen LogP contribution in [-0.4, -0.2) is 81.8 Å². The fourth-order valence-corrected chi connectivity index (χ4v) is 8.58. The topological polar surface area (TPSA) is 98.6 Å². The zero-order valence-electron chi connectivity index (χ0n) is 28.1. The van der Waals surface area contributed by atoms with E-state index in [0.29, 0.717) is 54.5 Å². The van der Waals surface area contributed by atoms with Crippen LogP contribution >= 0.6 is 0 Å². The maximum Gasteiger partial charge on any atom is 0.254 e. The Morgan fingerprint density at radius 3 is 2.35 bits per heavy atom. The van der Waals surface area contributed by atoms with E-state index in [1.807, 2.05) is 53.1 Å². The van der Waals surface area contributed by atoms with E-state index in [-0.39, 0.29) is 29.7 Å². The van der Waals surface area contributed by atoms with Crippen LogP contribution < -0.4 is 10.5 Å². The highest BCUT2D eigenvalue weighted by Gasteiger charge is 2.54. The molecule has 248 valence electrons. The summed E-state index contributed by atoms with van der Waals surface area (Å²) in [5.74, 6) is 2.43. The number of fused-ring (bicyclic) bond motifs is 4. The number of likely N-dealkylation sites (tertiary alicyclic amines) is 2. The molecule has 4 aliphatic rings. The third-order valence-corrected chi connectivity index (χ3v) is 11.6. The zero-order valence-corrected chi connectivity index (χ0v) is 28.1. The van der Waals surface area contributed by atoms with Crippen molar-refractivity contribution in [3.05, 3.63) is 83.4 Å². The van der Waals surface area contributed by atoms with Crippen molar-refractivity contribution in [2.45, 2.75) is 57.2 Å². The quantitative estimate of drug-likeness (QED) is 0.232. The highest BCUT2D eigenvalue weighted by atomic mass is 16.5. The number of ether oxygens (including phenoxy) is 1. The molecule has 4 heterocycles. The highest BCUT2D eigenvalue weighted by molar-refractivity contribution is 6.17. The average Bonchev–Trinajstić information content (AvgIpc) is 3.54. The van der Waals surface area contributed by atoms with E-state index in [2.05, 4.69) is 39.5 Å². The molecule has 4 fully saturated rings. The minimum atomic E-state index is -0.856. The number of rotatable bonds is 8. The number of nitrogens with zero attached hydrogens (tertiary/aromatic N) is 5. The molecule has 2 aromatic heterocycles. The first-order valence-corrected chi connectivity index (χ1v) is 17.6. The third kappa shape index (κ3) is 4.97. The molecule has 2 N–H and O–H groups in total. The maximum absolute atomic E-state index is 14.0. The van der Waals surface area contributed by atoms with Crippen molar-refractivity contribution in [1.29, 1.82) is 0 Å². The molecule has 2 aliphatic carbocycles. The van der Waals surface area contributed by atoms with Gasteiger partial charge in [-0.2, -0.15) is 0 Å². The molecule has 2 aliphatic heterocycles. The number of hydrogen-bond acceptors (Lipinski definition) is 5. The second kappa shape index (κ2) is 11.2. The molecule has 9 rings (SSSR count). The fraction of sp³-hybridized carbons (Fsp3) is 0.410. The van der Waals surface area contributed by atoms with Gasteiger partial charge in [-0.3, -0.25) is 9.59 Å². The largest absolute Gasteiger partial charge is 0.494 e. The van der Waals surface area contributed by atoms with E-state index in [4.69, 9.17) is 23.3 Å². The van der Waals surface area contributed by atoms with Crippen LogP contribution in [0.1, 0.15) is 52.0 Å². The summed E-state index contributed by atoms with van der Waals surface area (Å²) >= 11 is 0. The first-order valence-electron chi connectivity index (χ1n) is 17.6. The van der Waals surface area contributed by atoms with Crippen LogP contribution in [0.3, 0.4) is 0 Å². The van der Waals surface area contributed by atoms with Crippen molar-refractivity contribution in [3.63, 3.8) is 0 Å². The number of aromatic nitrogens is 3. The molecule has 3 unspecified atom stereocenters. The summed E-state index contributed by atoms with van der Waals surface area (Å²) in [6.07, 6.45) is 4.24. The highest BCUT2D eigenvalue weighted by Crippen LogP contribution is 2.44. The third-order valence-electron chi connectivity index (χ3n) is 11.6. The van der Waals surface area contributed by atoms with Gasteiger partial charge in [0.25, 0.3) is 11.8 Å². The Bertz CT molecular complexity index is 2120. The van der Waals surface area contributed by atoms with Crippen LogP contribution in [0.2, 0.25) is 0 Å². The minimum Gasteiger partial charge on any atom is -0.494 e. The Kier molecular flexibility index (Phi) is 6.99. The van der Waals surface area contributed by atoms with Crippen LogP contribution in [-0.2, 0) is 13.1 Å². The van der Waals surface area contributed by atoms with E-state index in [1.165, 1.54) is 23.7 Å². The van der Waals surface area contributed by atoms with Gasteiger partial charge in [0, 0.05) is 72.2 Å². The summed E-state index contributed by atoms with van der Waals surface area (Å²) in [5, 5.41) is 1.18. The number of piperidine rings is 1. The first kappa shape index (κ1) is 30.5. The molecule has 2 amide bonds. The fourth-order valence-electron chi connectivity index (χ4n) is 8.58. The summed E-state index contributed by atoms with van der Waals surface area (Å²) in [5.41, 5.74) is 11.8. The Morgan fingerprint density at radius 1 is 0.898 bits per heavy atom. The SMILES string of the molecule is [B]C1(N)C2CCC1N(C(=O)c1cc(OC)c3c(c1)nc(-c1cc4ccccc4n1CC1CC1)n3CC1CN(C(=O)c3ccc(C)cc3)C1)C2. The number of nitrogens with two attached hydrogens (primary N) is 1. The van der Waals surface area contributed by atoms with Crippen LogP contribution in [0.5, 0.6) is 5.75 Å². The Morgan fingerprint density at radius 2 is 1.65 bits per heavy atom. The molecule has 0 spiro atoms. The number of imidazole rings is 1. The number of hydrogen-bond donors (Lipinski definition) is 1. The molecule has 9 nitrogen and oxygen atoms in total. The first-order chi connectivity index (χ1) is 23.7. The van der Waals surface area contributed by atoms with Crippen LogP contribution in [0.15, 0.2) is 66.7 Å². The molecule has 49 heavy (non-hydrogen) atoms. The lowest BCUT2D eigenvalue weighted by atomic mass is 9.71. The molecule has 2 saturated heterocycles. The van der Waals surface area contributed by atoms with E-state index in [1.54, 1.807) is 7.11 Å². The second-order valence-electron chi connectivity index (χ2n) is 14.9. The van der Waals surface area contributed by atoms with Gasteiger partial charge in [0.2, 0.25) is 0 Å². The summed E-state index contributed by atoms with van der Waals surface area (Å²) in [7, 11) is 8.15. The van der Waals surface area contributed by atoms with E-state index in [0.717, 1.165) is 42.0 Å². The van der Waals surface area contributed by atoms with Crippen molar-refractivity contribution >= 4 is 41.6 Å². The number of aryl methyl sites for hydroxylation is 1. The van der Waals surface area contributed by atoms with Gasteiger partial charge in [-0.15, -0.1) is 0 Å². The monoisotopic (exact) mass is 652 g/mol. The molecule has 3 aromatic carbocycles. The summed E-state index contributed by atoms with van der Waals surface area (Å²) in [4.78, 5) is 36.4. The van der Waals surface area contributed by atoms with Crippen LogP contribution in [0.25, 0.3) is 33.5 Å². The van der Waals surface area contributed by atoms with Gasteiger partial charge in [-0.05, 0) is 80.8 Å². The Hall–Kier alpha value is -4.57. The van der Waals surface area contributed by atoms with Gasteiger partial charge >= 0.3 is 0 Å². The van der Waals surface area contributed by atoms with Crippen molar-refractivity contribution in [3.8, 4) is 17.3 Å². The van der Waals surface area contributed by atoms with Gasteiger partial charge < -0.3 is 29.4 Å². The van der Waals surface area contributed by atoms with E-state index in [9.17, 15) is 9.59 Å². The molecule has 10 heteroatoms. The van der Waals surface area contributed by atoms with Gasteiger partial charge in [0.05, 0.1) is 26.2 Å². The van der Waals surface area contributed by atoms with Gasteiger partial charge in [-0.1, -0.05) is 35.9 Å². The standard InChI is InChI=1S/C39H41BN6O3/c1-23-7-11-26(12-8-23)37(47)43-18-25(19-43)21-46-35-30(42-36(46)32-16-27-5-3-4-6-31(27)44(32)20-24-9-10-24)15-28(17-33(35)49-2)38(48)45-22-29-13-14-34(45)39(29,40)41/h3-8,11-12,15-17,24-25,29,34H,9-10,13-14,18-22,41H2,1-2H3. The van der Waals surface area contributed by atoms with Crippen molar-refractivity contribution in [2.75, 3.05) is 26.7 Å². The summed E-state index contributed by atoms with van der Waals surface area (Å²) in [6, 6.07) is 22.1. The molecular weight excluding hydrogens is 611 g/mol. The molecule has 3 atom stereocenters. The number of amides is 2. The molecule has 5 aromatic rings. The summed E-state index contributed by atoms with van der Waals surface area (Å²) < 4.78 is 10.7. The number of methoxy groups -OCH3 is 1. The molecule has 2 radical (unpaired) electrons. The molecule has 2 saturated carbocycles. The van der Waals surface area contributed by atoms with Crippen LogP contribution in [0, 0.1) is 24.7 Å². The van der Waals surface area contributed by atoms with Gasteiger partial charge in [-0.25, -0.2) is 4.98 Å². The molecule has 2 bridgehead atoms. The normalized spacial score (nSPS) is 23.5. The van der Waals surface area contributed by atoms with Crippen molar-refractivity contribution in [2.24, 2.45) is 23.5 Å². The van der Waals surface area contributed by atoms with E-state index < -0.39 is 5.44 Å². The predicted octanol–water partition coefficient (Wildman–Crippen LogP) is 5.22. The second-order valence-corrected chi connectivity index (χ2v) is 14.9. The summed E-state index contributed by atoms with van der Waals surface area (Å²) in [6.45, 7) is 5.51. The number of benzene rings is 3. The Balaban J connectivity index is 1.11. The lowest BCUT2D eigenvalue weighted by molar-refractivity contribution is 0.0471.